The summed E-state index contributed by atoms with van der Waals surface area (Å²) in [4.78, 5) is 2.60. The molecule has 1 heterocycles. The number of piperidine rings is 1. The first kappa shape index (κ1) is 12.7. The Balaban J connectivity index is 1.92. The lowest BCUT2D eigenvalue weighted by Gasteiger charge is -2.60. The minimum Gasteiger partial charge on any atom is -0.508 e. The maximum atomic E-state index is 9.98. The van der Waals surface area contributed by atoms with Crippen LogP contribution in [-0.4, -0.2) is 29.6 Å². The van der Waals surface area contributed by atoms with Gasteiger partial charge in [-0.1, -0.05) is 25.8 Å². The van der Waals surface area contributed by atoms with Crippen molar-refractivity contribution in [3.05, 3.63) is 29.3 Å². The molecule has 3 aliphatic rings. The van der Waals surface area contributed by atoms with Crippen molar-refractivity contribution >= 4 is 0 Å². The van der Waals surface area contributed by atoms with Crippen molar-refractivity contribution in [3.63, 3.8) is 0 Å². The molecule has 4 atom stereocenters. The van der Waals surface area contributed by atoms with E-state index in [0.29, 0.717) is 17.2 Å². The van der Waals surface area contributed by atoms with Gasteiger partial charge in [0.05, 0.1) is 0 Å². The molecule has 2 aliphatic carbocycles. The van der Waals surface area contributed by atoms with Crippen LogP contribution in [0.25, 0.3) is 0 Å². The van der Waals surface area contributed by atoms with Gasteiger partial charge in [-0.05, 0) is 68.0 Å². The highest BCUT2D eigenvalue weighted by Gasteiger charge is 2.55. The monoisotopic (exact) mass is 271 g/mol. The van der Waals surface area contributed by atoms with Crippen LogP contribution in [0.5, 0.6) is 5.75 Å². The third-order valence-electron chi connectivity index (χ3n) is 6.48. The van der Waals surface area contributed by atoms with Crippen molar-refractivity contribution in [2.24, 2.45) is 11.8 Å². The van der Waals surface area contributed by atoms with Crippen LogP contribution < -0.4 is 0 Å². The third-order valence-corrected chi connectivity index (χ3v) is 6.48. The zero-order valence-corrected chi connectivity index (χ0v) is 12.6. The molecule has 108 valence electrons. The van der Waals surface area contributed by atoms with Gasteiger partial charge in [0.15, 0.2) is 0 Å². The number of fused-ring (bicyclic) bond motifs is 1. The highest BCUT2D eigenvalue weighted by molar-refractivity contribution is 5.45. The van der Waals surface area contributed by atoms with E-state index >= 15 is 0 Å². The predicted molar refractivity (Wildman–Crippen MR) is 81.0 cm³/mol. The van der Waals surface area contributed by atoms with Crippen molar-refractivity contribution in [3.8, 4) is 5.75 Å². The molecule has 1 saturated carbocycles. The van der Waals surface area contributed by atoms with Crippen LogP contribution in [0.3, 0.4) is 0 Å². The number of benzene rings is 1. The Kier molecular flexibility index (Phi) is 2.69. The molecule has 0 aromatic heterocycles. The molecule has 0 amide bonds. The SMILES string of the molecule is C[C@H]1CCC[C@]23CCN(C)[C@H](Cc4ccc(O)cc42)[C@H]13. The summed E-state index contributed by atoms with van der Waals surface area (Å²) in [6, 6.07) is 6.84. The molecule has 1 aromatic rings. The number of aromatic hydroxyl groups is 1. The molecule has 20 heavy (non-hydrogen) atoms. The van der Waals surface area contributed by atoms with E-state index < -0.39 is 0 Å². The van der Waals surface area contributed by atoms with Gasteiger partial charge in [0.1, 0.15) is 5.75 Å². The Morgan fingerprint density at radius 1 is 1.30 bits per heavy atom. The standard InChI is InChI=1S/C18H25NO/c1-12-4-3-7-18-8-9-19(2)16(17(12)18)10-13-5-6-14(20)11-15(13)18/h5-6,11-12,16-17,20H,3-4,7-10H2,1-2H3/t12-,16+,17-,18-/m0/s1. The van der Waals surface area contributed by atoms with E-state index in [1.54, 1.807) is 0 Å². The number of phenols is 1. The van der Waals surface area contributed by atoms with Gasteiger partial charge in [0.2, 0.25) is 0 Å². The average molecular weight is 271 g/mol. The van der Waals surface area contributed by atoms with Crippen LogP contribution in [0, 0.1) is 11.8 Å². The number of hydrogen-bond donors (Lipinski definition) is 1. The highest BCUT2D eigenvalue weighted by atomic mass is 16.3. The van der Waals surface area contributed by atoms with Crippen LogP contribution in [0.1, 0.15) is 43.7 Å². The van der Waals surface area contributed by atoms with E-state index in [9.17, 15) is 5.11 Å². The summed E-state index contributed by atoms with van der Waals surface area (Å²) in [6.45, 7) is 3.67. The lowest BCUT2D eigenvalue weighted by Crippen LogP contribution is -2.61. The van der Waals surface area contributed by atoms with Gasteiger partial charge in [-0.15, -0.1) is 0 Å². The number of phenolic OH excluding ortho intramolecular Hbond substituents is 1. The van der Waals surface area contributed by atoms with Crippen LogP contribution in [0.15, 0.2) is 18.2 Å². The first-order chi connectivity index (χ1) is 9.62. The minimum absolute atomic E-state index is 0.348. The van der Waals surface area contributed by atoms with E-state index in [2.05, 4.69) is 31.0 Å². The Bertz CT molecular complexity index is 540. The van der Waals surface area contributed by atoms with E-state index in [0.717, 1.165) is 11.8 Å². The lowest BCUT2D eigenvalue weighted by molar-refractivity contribution is -0.0274. The van der Waals surface area contributed by atoms with Crippen molar-refractivity contribution in [2.75, 3.05) is 13.6 Å². The van der Waals surface area contributed by atoms with Crippen LogP contribution in [0.2, 0.25) is 0 Å². The van der Waals surface area contributed by atoms with Gasteiger partial charge in [-0.25, -0.2) is 0 Å². The quantitative estimate of drug-likeness (QED) is 0.782. The first-order valence-electron chi connectivity index (χ1n) is 8.14. The molecule has 0 spiro atoms. The van der Waals surface area contributed by atoms with E-state index in [1.807, 2.05) is 6.07 Å². The summed E-state index contributed by atoms with van der Waals surface area (Å²) in [5, 5.41) is 9.98. The van der Waals surface area contributed by atoms with Crippen molar-refractivity contribution in [2.45, 2.75) is 50.5 Å². The molecular weight excluding hydrogens is 246 g/mol. The zero-order valence-electron chi connectivity index (χ0n) is 12.6. The van der Waals surface area contributed by atoms with Crippen LogP contribution in [-0.2, 0) is 11.8 Å². The smallest absolute Gasteiger partial charge is 0.115 e. The predicted octanol–water partition coefficient (Wildman–Crippen LogP) is 3.33. The van der Waals surface area contributed by atoms with E-state index in [-0.39, 0.29) is 0 Å². The van der Waals surface area contributed by atoms with Gasteiger partial charge >= 0.3 is 0 Å². The van der Waals surface area contributed by atoms with E-state index in [4.69, 9.17) is 0 Å². The van der Waals surface area contributed by atoms with E-state index in [1.165, 1.54) is 49.8 Å². The number of rotatable bonds is 0. The summed E-state index contributed by atoms with van der Waals surface area (Å²) in [5.41, 5.74) is 3.32. The zero-order chi connectivity index (χ0) is 13.9. The lowest BCUT2D eigenvalue weighted by atomic mass is 9.50. The molecule has 0 unspecified atom stereocenters. The maximum Gasteiger partial charge on any atom is 0.115 e. The number of likely N-dealkylation sites (tertiary alicyclic amines) is 1. The molecule has 1 aliphatic heterocycles. The molecule has 2 nitrogen and oxygen atoms in total. The molecular formula is C18H25NO. The highest BCUT2D eigenvalue weighted by Crippen LogP contribution is 2.57. The van der Waals surface area contributed by atoms with Crippen LogP contribution in [0.4, 0.5) is 0 Å². The molecule has 0 radical (unpaired) electrons. The fourth-order valence-electron chi connectivity index (χ4n) is 5.65. The first-order valence-corrected chi connectivity index (χ1v) is 8.14. The maximum absolute atomic E-state index is 9.98. The van der Waals surface area contributed by atoms with Gasteiger partial charge in [-0.3, -0.25) is 0 Å². The molecule has 1 saturated heterocycles. The largest absolute Gasteiger partial charge is 0.508 e. The Hall–Kier alpha value is -1.02. The summed E-state index contributed by atoms with van der Waals surface area (Å²) in [7, 11) is 2.31. The summed E-state index contributed by atoms with van der Waals surface area (Å²) in [5.74, 6) is 2.05. The average Bonchev–Trinajstić information content (AvgIpc) is 2.44. The summed E-state index contributed by atoms with van der Waals surface area (Å²) in [6.07, 6.45) is 6.49. The number of nitrogens with zero attached hydrogens (tertiary/aromatic N) is 1. The van der Waals surface area contributed by atoms with Crippen LogP contribution >= 0.6 is 0 Å². The van der Waals surface area contributed by atoms with Gasteiger partial charge in [0, 0.05) is 11.5 Å². The second-order valence-electron chi connectivity index (χ2n) is 7.39. The van der Waals surface area contributed by atoms with Crippen molar-refractivity contribution in [1.29, 1.82) is 0 Å². The second-order valence-corrected chi connectivity index (χ2v) is 7.39. The van der Waals surface area contributed by atoms with Gasteiger partial charge in [-0.2, -0.15) is 0 Å². The molecule has 2 heteroatoms. The Morgan fingerprint density at radius 2 is 2.15 bits per heavy atom. The molecule has 1 aromatic carbocycles. The Morgan fingerprint density at radius 3 is 3.00 bits per heavy atom. The minimum atomic E-state index is 0.348. The topological polar surface area (TPSA) is 23.5 Å². The number of likely N-dealkylation sites (N-methyl/N-ethyl adjacent to an activating group) is 1. The van der Waals surface area contributed by atoms with Crippen molar-refractivity contribution < 1.29 is 5.11 Å². The molecule has 1 N–H and O–H groups in total. The molecule has 4 rings (SSSR count). The molecule has 2 fully saturated rings. The van der Waals surface area contributed by atoms with Gasteiger partial charge in [0.25, 0.3) is 0 Å². The third kappa shape index (κ3) is 1.54. The summed E-state index contributed by atoms with van der Waals surface area (Å²) < 4.78 is 0. The number of hydrogen-bond acceptors (Lipinski definition) is 2. The van der Waals surface area contributed by atoms with Crippen molar-refractivity contribution in [1.82, 2.24) is 4.90 Å². The molecule has 2 bridgehead atoms. The Labute approximate surface area is 121 Å². The fraction of sp³-hybridized carbons (Fsp3) is 0.667. The van der Waals surface area contributed by atoms with Gasteiger partial charge < -0.3 is 10.0 Å². The normalized spacial score (nSPS) is 40.0. The second kappa shape index (κ2) is 4.24. The fourth-order valence-corrected chi connectivity index (χ4v) is 5.65. The summed E-state index contributed by atoms with van der Waals surface area (Å²) >= 11 is 0.